The van der Waals surface area contributed by atoms with Gasteiger partial charge in [0.15, 0.2) is 0 Å². The fourth-order valence-electron chi connectivity index (χ4n) is 6.43. The molecule has 2 heterocycles. The first kappa shape index (κ1) is 25.0. The topological polar surface area (TPSA) is 44.1 Å². The lowest BCUT2D eigenvalue weighted by Gasteiger charge is -2.24. The van der Waals surface area contributed by atoms with Gasteiger partial charge in [0.1, 0.15) is 11.6 Å². The average molecular weight is 555 g/mol. The number of benzene rings is 6. The number of hydrogen-bond donors (Lipinski definition) is 0. The molecule has 204 valence electrons. The van der Waals surface area contributed by atoms with Crippen molar-refractivity contribution in [2.75, 3.05) is 7.11 Å². The Morgan fingerprint density at radius 3 is 1.37 bits per heavy atom. The quantitative estimate of drug-likeness (QED) is 0.213. The summed E-state index contributed by atoms with van der Waals surface area (Å²) in [4.78, 5) is 20.0. The summed E-state index contributed by atoms with van der Waals surface area (Å²) in [6.07, 6.45) is 0. The number of imidazole rings is 1. The highest BCUT2D eigenvalue weighted by Crippen LogP contribution is 2.55. The van der Waals surface area contributed by atoms with E-state index < -0.39 is 0 Å². The first-order valence-electron chi connectivity index (χ1n) is 14.3. The number of fused-ring (bicyclic) bond motifs is 5. The van der Waals surface area contributed by atoms with Crippen LogP contribution in [0, 0.1) is 0 Å². The molecule has 4 nitrogen and oxygen atoms in total. The fraction of sp³-hybridized carbons (Fsp3) is 0.0256. The Balaban J connectivity index is 1.64. The van der Waals surface area contributed by atoms with Gasteiger partial charge in [0, 0.05) is 22.8 Å². The van der Waals surface area contributed by atoms with E-state index in [1.54, 1.807) is 11.7 Å². The molecule has 1 aliphatic heterocycles. The zero-order valence-corrected chi connectivity index (χ0v) is 23.5. The maximum Gasteiger partial charge on any atom is 0.265 e. The van der Waals surface area contributed by atoms with Crippen LogP contribution in [0.4, 0.5) is 0 Å². The van der Waals surface area contributed by atoms with Crippen molar-refractivity contribution in [3.8, 4) is 61.6 Å². The summed E-state index contributed by atoms with van der Waals surface area (Å²) in [5, 5.41) is 0. The van der Waals surface area contributed by atoms with E-state index >= 15 is 0 Å². The van der Waals surface area contributed by atoms with Gasteiger partial charge in [0.25, 0.3) is 5.91 Å². The second-order valence-electron chi connectivity index (χ2n) is 10.6. The molecule has 0 spiro atoms. The van der Waals surface area contributed by atoms with Crippen molar-refractivity contribution in [3.05, 3.63) is 145 Å². The summed E-state index contributed by atoms with van der Waals surface area (Å²) in [7, 11) is 1.64. The molecule has 0 bridgehead atoms. The van der Waals surface area contributed by atoms with Crippen LogP contribution < -0.4 is 4.74 Å². The van der Waals surface area contributed by atoms with Crippen LogP contribution in [0.2, 0.25) is 0 Å². The number of aromatic nitrogens is 2. The van der Waals surface area contributed by atoms with Gasteiger partial charge in [-0.2, -0.15) is 0 Å². The van der Waals surface area contributed by atoms with Gasteiger partial charge in [0.2, 0.25) is 0 Å². The minimum atomic E-state index is -0.0893. The van der Waals surface area contributed by atoms with Crippen LogP contribution in [-0.2, 0) is 0 Å². The lowest BCUT2D eigenvalue weighted by Crippen LogP contribution is -2.09. The molecule has 8 rings (SSSR count). The number of methoxy groups -OCH3 is 1. The maximum atomic E-state index is 14.9. The lowest BCUT2D eigenvalue weighted by molar-refractivity contribution is 0.0974. The number of rotatable bonds is 5. The molecule has 0 unspecified atom stereocenters. The molecular weight excluding hydrogens is 528 g/mol. The van der Waals surface area contributed by atoms with E-state index in [-0.39, 0.29) is 5.91 Å². The normalized spacial score (nSPS) is 11.9. The second-order valence-corrected chi connectivity index (χ2v) is 10.6. The molecule has 0 aliphatic carbocycles. The van der Waals surface area contributed by atoms with E-state index in [9.17, 15) is 4.79 Å². The van der Waals surface area contributed by atoms with Crippen LogP contribution in [0.1, 0.15) is 10.4 Å². The number of hydrogen-bond acceptors (Lipinski definition) is 3. The number of carbonyl (C=O) groups excluding carboxylic acids is 1. The molecule has 0 saturated carbocycles. The minimum absolute atomic E-state index is 0.0893. The molecular formula is C39H26N2O2. The Bertz CT molecular complexity index is 2150. The van der Waals surface area contributed by atoms with Crippen molar-refractivity contribution in [2.45, 2.75) is 0 Å². The third-order valence-electron chi connectivity index (χ3n) is 8.25. The standard InChI is InChI=1S/C39H26N2O2/c1-43-29-22-23-30-31(24-29)41-38(40-30)36-34(27-18-10-4-11-19-27)32(25-14-6-2-7-15-25)33(26-16-8-3-9-17-26)35(37(36)39(41)42)28-20-12-5-13-21-28/h2-24H,1H3. The molecule has 0 radical (unpaired) electrons. The molecule has 4 heteroatoms. The van der Waals surface area contributed by atoms with E-state index in [1.807, 2.05) is 54.6 Å². The molecule has 0 N–H and O–H groups in total. The number of ether oxygens (including phenoxy) is 1. The first-order chi connectivity index (χ1) is 21.2. The highest BCUT2D eigenvalue weighted by molar-refractivity contribution is 6.24. The zero-order chi connectivity index (χ0) is 28.9. The molecule has 6 aromatic carbocycles. The Hall–Kier alpha value is -5.74. The minimum Gasteiger partial charge on any atom is -0.497 e. The molecule has 0 amide bonds. The zero-order valence-electron chi connectivity index (χ0n) is 23.5. The smallest absolute Gasteiger partial charge is 0.265 e. The summed E-state index contributed by atoms with van der Waals surface area (Å²) >= 11 is 0. The third-order valence-corrected chi connectivity index (χ3v) is 8.25. The highest BCUT2D eigenvalue weighted by Gasteiger charge is 2.39. The van der Waals surface area contributed by atoms with Crippen LogP contribution >= 0.6 is 0 Å². The first-order valence-corrected chi connectivity index (χ1v) is 14.3. The molecule has 0 saturated heterocycles. The van der Waals surface area contributed by atoms with Crippen molar-refractivity contribution in [2.24, 2.45) is 0 Å². The van der Waals surface area contributed by atoms with Gasteiger partial charge in [-0.25, -0.2) is 4.98 Å². The van der Waals surface area contributed by atoms with Crippen LogP contribution in [0.3, 0.4) is 0 Å². The van der Waals surface area contributed by atoms with Crippen molar-refractivity contribution in [1.29, 1.82) is 0 Å². The van der Waals surface area contributed by atoms with Gasteiger partial charge >= 0.3 is 0 Å². The summed E-state index contributed by atoms with van der Waals surface area (Å²) in [6.45, 7) is 0. The molecule has 1 aromatic heterocycles. The maximum absolute atomic E-state index is 14.9. The van der Waals surface area contributed by atoms with Gasteiger partial charge in [0.05, 0.1) is 23.7 Å². The lowest BCUT2D eigenvalue weighted by atomic mass is 9.77. The van der Waals surface area contributed by atoms with Gasteiger partial charge in [-0.15, -0.1) is 0 Å². The van der Waals surface area contributed by atoms with E-state index in [0.29, 0.717) is 17.1 Å². The monoisotopic (exact) mass is 554 g/mol. The Kier molecular flexibility index (Phi) is 5.80. The highest BCUT2D eigenvalue weighted by atomic mass is 16.5. The van der Waals surface area contributed by atoms with Gasteiger partial charge in [-0.05, 0) is 45.5 Å². The van der Waals surface area contributed by atoms with E-state index in [1.165, 1.54) is 0 Å². The Labute approximate surface area is 249 Å². The van der Waals surface area contributed by atoms with Crippen molar-refractivity contribution < 1.29 is 9.53 Å². The van der Waals surface area contributed by atoms with Crippen LogP contribution in [0.5, 0.6) is 5.75 Å². The van der Waals surface area contributed by atoms with Crippen LogP contribution in [0.25, 0.3) is 66.9 Å². The average Bonchev–Trinajstić information content (AvgIpc) is 3.59. The molecule has 0 atom stereocenters. The second kappa shape index (κ2) is 9.97. The van der Waals surface area contributed by atoms with Crippen molar-refractivity contribution in [1.82, 2.24) is 9.55 Å². The van der Waals surface area contributed by atoms with Crippen molar-refractivity contribution in [3.63, 3.8) is 0 Å². The summed E-state index contributed by atoms with van der Waals surface area (Å²) in [5.41, 5.74) is 11.1. The SMILES string of the molecule is COc1ccc2nc3n(c2c1)C(=O)c1c(-c2ccccc2)c(-c2ccccc2)c(-c2ccccc2)c(-c2ccccc2)c1-3. The summed E-state index contributed by atoms with van der Waals surface area (Å²) in [5.74, 6) is 1.24. The molecule has 43 heavy (non-hydrogen) atoms. The van der Waals surface area contributed by atoms with Crippen molar-refractivity contribution >= 4 is 16.9 Å². The van der Waals surface area contributed by atoms with Gasteiger partial charge < -0.3 is 4.74 Å². The van der Waals surface area contributed by atoms with E-state index in [4.69, 9.17) is 9.72 Å². The third kappa shape index (κ3) is 3.84. The van der Waals surface area contributed by atoms with Crippen LogP contribution in [0.15, 0.2) is 140 Å². The van der Waals surface area contributed by atoms with Gasteiger partial charge in [-0.1, -0.05) is 121 Å². The largest absolute Gasteiger partial charge is 0.497 e. The van der Waals surface area contributed by atoms with E-state index in [0.717, 1.165) is 61.1 Å². The molecule has 1 aliphatic rings. The molecule has 7 aromatic rings. The Morgan fingerprint density at radius 1 is 0.512 bits per heavy atom. The predicted octanol–water partition coefficient (Wildman–Crippen LogP) is 9.38. The van der Waals surface area contributed by atoms with Gasteiger partial charge in [-0.3, -0.25) is 9.36 Å². The summed E-state index contributed by atoms with van der Waals surface area (Å²) in [6, 6.07) is 47.2. The fourth-order valence-corrected chi connectivity index (χ4v) is 6.43. The van der Waals surface area contributed by atoms with E-state index in [2.05, 4.69) is 84.9 Å². The summed E-state index contributed by atoms with van der Waals surface area (Å²) < 4.78 is 7.32. The van der Waals surface area contributed by atoms with Crippen LogP contribution in [-0.4, -0.2) is 22.6 Å². The number of nitrogens with zero attached hydrogens (tertiary/aromatic N) is 2. The Morgan fingerprint density at radius 2 is 0.930 bits per heavy atom. The number of carbonyl (C=O) groups is 1. The predicted molar refractivity (Wildman–Crippen MR) is 173 cm³/mol. The molecule has 0 fully saturated rings.